The standard InChI is InChI=1S/C23H14F3NO3/c24-23(25,26)16-12-10-15(11-13-16)22(29)27-19-17-8-4-5-9-18(17)30-21(19)20(28)14-6-2-1-3-7-14/h1-13H,(H,27,29). The molecule has 0 spiro atoms. The molecule has 0 aliphatic heterocycles. The smallest absolute Gasteiger partial charge is 0.416 e. The fourth-order valence-corrected chi connectivity index (χ4v) is 3.05. The first-order chi connectivity index (χ1) is 14.3. The highest BCUT2D eigenvalue weighted by molar-refractivity contribution is 6.18. The van der Waals surface area contributed by atoms with E-state index in [1.165, 1.54) is 0 Å². The molecule has 1 aromatic heterocycles. The van der Waals surface area contributed by atoms with Gasteiger partial charge in [0.25, 0.3) is 5.91 Å². The summed E-state index contributed by atoms with van der Waals surface area (Å²) >= 11 is 0. The van der Waals surface area contributed by atoms with Crippen molar-refractivity contribution in [3.05, 3.63) is 101 Å². The molecule has 1 heterocycles. The lowest BCUT2D eigenvalue weighted by atomic mass is 10.1. The van der Waals surface area contributed by atoms with Gasteiger partial charge in [-0.1, -0.05) is 42.5 Å². The van der Waals surface area contributed by atoms with E-state index in [0.29, 0.717) is 16.5 Å². The van der Waals surface area contributed by atoms with E-state index in [0.717, 1.165) is 24.3 Å². The molecule has 4 aromatic rings. The van der Waals surface area contributed by atoms with Gasteiger partial charge in [0.2, 0.25) is 5.78 Å². The Balaban J connectivity index is 1.71. The maximum atomic E-state index is 12.9. The summed E-state index contributed by atoms with van der Waals surface area (Å²) in [6.45, 7) is 0. The van der Waals surface area contributed by atoms with Gasteiger partial charge in [-0.2, -0.15) is 13.2 Å². The zero-order chi connectivity index (χ0) is 21.3. The molecule has 0 radical (unpaired) electrons. The van der Waals surface area contributed by atoms with Crippen LogP contribution in [0.4, 0.5) is 18.9 Å². The van der Waals surface area contributed by atoms with Crippen LogP contribution in [0.25, 0.3) is 11.0 Å². The van der Waals surface area contributed by atoms with Crippen LogP contribution in [-0.4, -0.2) is 11.7 Å². The molecule has 7 heteroatoms. The Hall–Kier alpha value is -3.87. The predicted molar refractivity (Wildman–Crippen MR) is 105 cm³/mol. The number of alkyl halides is 3. The number of rotatable bonds is 4. The number of furan rings is 1. The second kappa shape index (κ2) is 7.51. The van der Waals surface area contributed by atoms with Crippen molar-refractivity contribution < 1.29 is 27.2 Å². The van der Waals surface area contributed by atoms with Crippen LogP contribution in [0.3, 0.4) is 0 Å². The Labute approximate surface area is 168 Å². The molecule has 4 rings (SSSR count). The number of halogens is 3. The summed E-state index contributed by atoms with van der Waals surface area (Å²) in [5, 5.41) is 3.14. The summed E-state index contributed by atoms with van der Waals surface area (Å²) in [4.78, 5) is 25.6. The molecule has 0 atom stereocenters. The highest BCUT2D eigenvalue weighted by Crippen LogP contribution is 2.33. The molecule has 0 saturated heterocycles. The van der Waals surface area contributed by atoms with Gasteiger partial charge in [0.05, 0.1) is 11.3 Å². The number of nitrogens with one attached hydrogen (secondary N) is 1. The Morgan fingerprint density at radius 3 is 2.07 bits per heavy atom. The van der Waals surface area contributed by atoms with Crippen LogP contribution in [0, 0.1) is 0 Å². The van der Waals surface area contributed by atoms with E-state index >= 15 is 0 Å². The molecule has 0 fully saturated rings. The maximum Gasteiger partial charge on any atom is 0.416 e. The number of hydrogen-bond acceptors (Lipinski definition) is 3. The number of para-hydroxylation sites is 1. The van der Waals surface area contributed by atoms with Gasteiger partial charge in [-0.3, -0.25) is 9.59 Å². The number of hydrogen-bond donors (Lipinski definition) is 1. The molecule has 0 bridgehead atoms. The van der Waals surface area contributed by atoms with Crippen molar-refractivity contribution in [2.75, 3.05) is 5.32 Å². The topological polar surface area (TPSA) is 59.3 Å². The average Bonchev–Trinajstić information content (AvgIpc) is 3.11. The first kappa shape index (κ1) is 19.4. The van der Waals surface area contributed by atoms with Crippen LogP contribution >= 0.6 is 0 Å². The van der Waals surface area contributed by atoms with Crippen LogP contribution in [-0.2, 0) is 6.18 Å². The molecule has 0 aliphatic carbocycles. The van der Waals surface area contributed by atoms with Crippen molar-refractivity contribution in [3.8, 4) is 0 Å². The fraction of sp³-hybridized carbons (Fsp3) is 0.0435. The Morgan fingerprint density at radius 1 is 0.767 bits per heavy atom. The number of carbonyl (C=O) groups excluding carboxylic acids is 2. The van der Waals surface area contributed by atoms with E-state index in [-0.39, 0.29) is 17.0 Å². The molecule has 0 saturated carbocycles. The first-order valence-electron chi connectivity index (χ1n) is 8.94. The normalized spacial score (nSPS) is 11.4. The molecular formula is C23H14F3NO3. The number of benzene rings is 3. The number of anilines is 1. The second-order valence-electron chi connectivity index (χ2n) is 6.53. The van der Waals surface area contributed by atoms with Gasteiger partial charge in [-0.05, 0) is 36.4 Å². The maximum absolute atomic E-state index is 12.9. The van der Waals surface area contributed by atoms with Crippen molar-refractivity contribution in [1.29, 1.82) is 0 Å². The van der Waals surface area contributed by atoms with E-state index < -0.39 is 23.4 Å². The van der Waals surface area contributed by atoms with Crippen molar-refractivity contribution in [2.45, 2.75) is 6.18 Å². The summed E-state index contributed by atoms with van der Waals surface area (Å²) in [7, 11) is 0. The van der Waals surface area contributed by atoms with Crippen LogP contribution in [0.15, 0.2) is 83.3 Å². The molecular weight excluding hydrogens is 395 g/mol. The van der Waals surface area contributed by atoms with Crippen LogP contribution in [0.2, 0.25) is 0 Å². The minimum atomic E-state index is -4.50. The van der Waals surface area contributed by atoms with E-state index in [1.807, 2.05) is 0 Å². The van der Waals surface area contributed by atoms with E-state index in [9.17, 15) is 22.8 Å². The van der Waals surface area contributed by atoms with Crippen molar-refractivity contribution in [3.63, 3.8) is 0 Å². The van der Waals surface area contributed by atoms with Gasteiger partial charge >= 0.3 is 6.18 Å². The zero-order valence-electron chi connectivity index (χ0n) is 15.4. The Morgan fingerprint density at radius 2 is 1.40 bits per heavy atom. The van der Waals surface area contributed by atoms with Gasteiger partial charge in [0.15, 0.2) is 5.76 Å². The summed E-state index contributed by atoms with van der Waals surface area (Å²) in [5.41, 5.74) is 0.115. The molecule has 1 N–H and O–H groups in total. The van der Waals surface area contributed by atoms with Crippen molar-refractivity contribution >= 4 is 28.3 Å². The molecule has 150 valence electrons. The summed E-state index contributed by atoms with van der Waals surface area (Å²) in [6.07, 6.45) is -4.50. The third-order valence-corrected chi connectivity index (χ3v) is 4.55. The van der Waals surface area contributed by atoms with E-state index in [2.05, 4.69) is 5.32 Å². The van der Waals surface area contributed by atoms with Crippen molar-refractivity contribution in [2.24, 2.45) is 0 Å². The van der Waals surface area contributed by atoms with Crippen LogP contribution in [0.5, 0.6) is 0 Å². The lowest BCUT2D eigenvalue weighted by Gasteiger charge is -2.09. The summed E-state index contributed by atoms with van der Waals surface area (Å²) in [5.74, 6) is -1.13. The van der Waals surface area contributed by atoms with Gasteiger partial charge in [-0.25, -0.2) is 0 Å². The minimum Gasteiger partial charge on any atom is -0.450 e. The molecule has 3 aromatic carbocycles. The minimum absolute atomic E-state index is 0.0198. The molecule has 4 nitrogen and oxygen atoms in total. The third-order valence-electron chi connectivity index (χ3n) is 4.55. The summed E-state index contributed by atoms with van der Waals surface area (Å²) in [6, 6.07) is 19.0. The number of fused-ring (bicyclic) bond motifs is 1. The first-order valence-corrected chi connectivity index (χ1v) is 8.94. The van der Waals surface area contributed by atoms with E-state index in [4.69, 9.17) is 4.42 Å². The van der Waals surface area contributed by atoms with Crippen molar-refractivity contribution in [1.82, 2.24) is 0 Å². The average molecular weight is 409 g/mol. The lowest BCUT2D eigenvalue weighted by Crippen LogP contribution is -2.15. The number of amides is 1. The largest absolute Gasteiger partial charge is 0.450 e. The second-order valence-corrected chi connectivity index (χ2v) is 6.53. The quantitative estimate of drug-likeness (QED) is 0.425. The number of carbonyl (C=O) groups is 2. The highest BCUT2D eigenvalue weighted by atomic mass is 19.4. The predicted octanol–water partition coefficient (Wildman–Crippen LogP) is 5.93. The third kappa shape index (κ3) is 3.69. The highest BCUT2D eigenvalue weighted by Gasteiger charge is 2.30. The fourth-order valence-electron chi connectivity index (χ4n) is 3.05. The SMILES string of the molecule is O=C(Nc1c(C(=O)c2ccccc2)oc2ccccc12)c1ccc(C(F)(F)F)cc1. The Kier molecular flexibility index (Phi) is 4.87. The molecule has 0 unspecified atom stereocenters. The molecule has 1 amide bonds. The monoisotopic (exact) mass is 409 g/mol. The Bertz CT molecular complexity index is 1230. The summed E-state index contributed by atoms with van der Waals surface area (Å²) < 4.78 is 44.0. The van der Waals surface area contributed by atoms with Crippen LogP contribution < -0.4 is 5.32 Å². The molecule has 0 aliphatic rings. The van der Waals surface area contributed by atoms with Gasteiger partial charge in [0, 0.05) is 16.5 Å². The van der Waals surface area contributed by atoms with Crippen LogP contribution in [0.1, 0.15) is 32.0 Å². The lowest BCUT2D eigenvalue weighted by molar-refractivity contribution is -0.137. The van der Waals surface area contributed by atoms with Gasteiger partial charge in [0.1, 0.15) is 5.58 Å². The number of ketones is 1. The zero-order valence-corrected chi connectivity index (χ0v) is 15.4. The van der Waals surface area contributed by atoms with Gasteiger partial charge in [-0.15, -0.1) is 0 Å². The molecule has 30 heavy (non-hydrogen) atoms. The van der Waals surface area contributed by atoms with E-state index in [1.54, 1.807) is 54.6 Å². The van der Waals surface area contributed by atoms with Gasteiger partial charge < -0.3 is 9.73 Å².